The summed E-state index contributed by atoms with van der Waals surface area (Å²) in [5.74, 6) is 0.647. The van der Waals surface area contributed by atoms with E-state index in [1.54, 1.807) is 24.3 Å². The van der Waals surface area contributed by atoms with Gasteiger partial charge in [0.05, 0.1) is 24.4 Å². The molecule has 0 saturated carbocycles. The van der Waals surface area contributed by atoms with Crippen LogP contribution in [0.25, 0.3) is 0 Å². The Balaban J connectivity index is 1.56. The maximum Gasteiger partial charge on any atom is 0.337 e. The number of aromatic hydroxyl groups is 1. The topological polar surface area (TPSA) is 71.4 Å². The van der Waals surface area contributed by atoms with Crippen LogP contribution in [-0.4, -0.2) is 28.9 Å². The van der Waals surface area contributed by atoms with E-state index in [1.165, 1.54) is 7.11 Å². The third kappa shape index (κ3) is 2.97. The highest BCUT2D eigenvalue weighted by atomic mass is 16.5. The number of hydrogen-bond donors (Lipinski definition) is 1. The van der Waals surface area contributed by atoms with Crippen LogP contribution in [0.4, 0.5) is 0 Å². The van der Waals surface area contributed by atoms with Crippen molar-refractivity contribution in [2.75, 3.05) is 7.11 Å². The van der Waals surface area contributed by atoms with Crippen LogP contribution in [0.2, 0.25) is 0 Å². The van der Waals surface area contributed by atoms with Gasteiger partial charge in [-0.2, -0.15) is 5.10 Å². The largest absolute Gasteiger partial charge is 0.507 e. The van der Waals surface area contributed by atoms with Crippen LogP contribution >= 0.6 is 0 Å². The Labute approximate surface area is 174 Å². The minimum absolute atomic E-state index is 0.00478. The van der Waals surface area contributed by atoms with Gasteiger partial charge in [0.25, 0.3) is 0 Å². The van der Waals surface area contributed by atoms with Crippen molar-refractivity contribution in [3.63, 3.8) is 0 Å². The van der Waals surface area contributed by atoms with Gasteiger partial charge in [-0.15, -0.1) is 0 Å². The maximum atomic E-state index is 11.8. The second-order valence-corrected chi connectivity index (χ2v) is 7.29. The molecule has 0 saturated heterocycles. The fourth-order valence-corrected chi connectivity index (χ4v) is 4.04. The lowest BCUT2D eigenvalue weighted by atomic mass is 9.95. The molecule has 5 rings (SSSR count). The van der Waals surface area contributed by atoms with Gasteiger partial charge >= 0.3 is 5.97 Å². The predicted octanol–water partition coefficient (Wildman–Crippen LogP) is 4.42. The van der Waals surface area contributed by atoms with Crippen LogP contribution in [0, 0.1) is 0 Å². The SMILES string of the molecule is COC(=O)c1ccc([C@@H]2Oc3ccccc3[C@H]3CC(c4ccccc4O)=NN32)cc1. The van der Waals surface area contributed by atoms with E-state index >= 15 is 0 Å². The number of phenolic OH excluding ortho intramolecular Hbond substituents is 1. The molecule has 0 bridgehead atoms. The third-order valence-corrected chi connectivity index (χ3v) is 5.53. The molecule has 0 aromatic heterocycles. The molecule has 2 aliphatic heterocycles. The van der Waals surface area contributed by atoms with Gasteiger partial charge in [0.1, 0.15) is 11.5 Å². The van der Waals surface area contributed by atoms with E-state index in [0.717, 1.165) is 28.2 Å². The summed E-state index contributed by atoms with van der Waals surface area (Å²) in [6, 6.07) is 22.3. The highest BCUT2D eigenvalue weighted by molar-refractivity contribution is 6.04. The summed E-state index contributed by atoms with van der Waals surface area (Å²) in [6.07, 6.45) is 0.217. The zero-order valence-electron chi connectivity index (χ0n) is 16.4. The van der Waals surface area contributed by atoms with E-state index < -0.39 is 6.23 Å². The highest BCUT2D eigenvalue weighted by Crippen LogP contribution is 2.47. The van der Waals surface area contributed by atoms with Crippen molar-refractivity contribution in [3.05, 3.63) is 95.1 Å². The molecule has 3 aromatic carbocycles. The molecule has 0 amide bonds. The van der Waals surface area contributed by atoms with Gasteiger partial charge in [-0.25, -0.2) is 9.80 Å². The van der Waals surface area contributed by atoms with E-state index in [-0.39, 0.29) is 17.8 Å². The van der Waals surface area contributed by atoms with Crippen LogP contribution in [-0.2, 0) is 4.74 Å². The fourth-order valence-electron chi connectivity index (χ4n) is 4.04. The summed E-state index contributed by atoms with van der Waals surface area (Å²) < 4.78 is 11.1. The summed E-state index contributed by atoms with van der Waals surface area (Å²) in [5.41, 5.74) is 3.96. The monoisotopic (exact) mass is 400 g/mol. The molecule has 30 heavy (non-hydrogen) atoms. The number of esters is 1. The molecule has 6 nitrogen and oxygen atoms in total. The van der Waals surface area contributed by atoms with Crippen molar-refractivity contribution in [2.45, 2.75) is 18.7 Å². The van der Waals surface area contributed by atoms with Crippen molar-refractivity contribution in [1.82, 2.24) is 5.01 Å². The van der Waals surface area contributed by atoms with Crippen molar-refractivity contribution >= 4 is 11.7 Å². The number of benzene rings is 3. The first-order chi connectivity index (χ1) is 14.7. The lowest BCUT2D eigenvalue weighted by Crippen LogP contribution is -2.33. The van der Waals surface area contributed by atoms with Crippen LogP contribution in [0.1, 0.15) is 45.7 Å². The molecule has 2 atom stereocenters. The molecule has 0 unspecified atom stereocenters. The predicted molar refractivity (Wildman–Crippen MR) is 111 cm³/mol. The number of carbonyl (C=O) groups excluding carboxylic acids is 1. The first kappa shape index (κ1) is 18.2. The molecular formula is C24H20N2O4. The smallest absolute Gasteiger partial charge is 0.337 e. The van der Waals surface area contributed by atoms with Gasteiger partial charge in [0.15, 0.2) is 0 Å². The van der Waals surface area contributed by atoms with E-state index in [0.29, 0.717) is 12.0 Å². The lowest BCUT2D eigenvalue weighted by Gasteiger charge is -2.38. The maximum absolute atomic E-state index is 11.8. The average molecular weight is 400 g/mol. The van der Waals surface area contributed by atoms with E-state index in [2.05, 4.69) is 0 Å². The number of carbonyl (C=O) groups is 1. The number of hydrogen-bond acceptors (Lipinski definition) is 6. The van der Waals surface area contributed by atoms with Crippen molar-refractivity contribution in [3.8, 4) is 11.5 Å². The molecule has 2 aliphatic rings. The Morgan fingerprint density at radius 3 is 2.57 bits per heavy atom. The first-order valence-electron chi connectivity index (χ1n) is 9.74. The number of hydrazone groups is 1. The number of para-hydroxylation sites is 2. The zero-order chi connectivity index (χ0) is 20.7. The Hall–Kier alpha value is -3.80. The molecule has 6 heteroatoms. The summed E-state index contributed by atoms with van der Waals surface area (Å²) in [4.78, 5) is 11.8. The molecule has 0 spiro atoms. The molecule has 1 N–H and O–H groups in total. The number of ether oxygens (including phenoxy) is 2. The number of rotatable bonds is 3. The summed E-state index contributed by atoms with van der Waals surface area (Å²) in [7, 11) is 1.36. The lowest BCUT2D eigenvalue weighted by molar-refractivity contribution is -0.0190. The Morgan fingerprint density at radius 1 is 1.07 bits per heavy atom. The first-order valence-corrected chi connectivity index (χ1v) is 9.74. The minimum Gasteiger partial charge on any atom is -0.507 e. The van der Waals surface area contributed by atoms with Crippen molar-refractivity contribution in [1.29, 1.82) is 0 Å². The average Bonchev–Trinajstić information content (AvgIpc) is 3.24. The van der Waals surface area contributed by atoms with Gasteiger partial charge in [0, 0.05) is 23.1 Å². The molecular weight excluding hydrogens is 380 g/mol. The van der Waals surface area contributed by atoms with E-state index in [4.69, 9.17) is 14.6 Å². The highest BCUT2D eigenvalue weighted by Gasteiger charge is 2.41. The van der Waals surface area contributed by atoms with Gasteiger partial charge in [-0.1, -0.05) is 42.5 Å². The van der Waals surface area contributed by atoms with Gasteiger partial charge in [-0.3, -0.25) is 0 Å². The Kier molecular flexibility index (Phi) is 4.39. The van der Waals surface area contributed by atoms with Gasteiger partial charge in [0.2, 0.25) is 6.23 Å². The molecule has 0 radical (unpaired) electrons. The van der Waals surface area contributed by atoms with Crippen molar-refractivity contribution in [2.24, 2.45) is 5.10 Å². The summed E-state index contributed by atoms with van der Waals surface area (Å²) in [5, 5.41) is 17.1. The molecule has 2 heterocycles. The molecule has 0 fully saturated rings. The molecule has 150 valence electrons. The Morgan fingerprint density at radius 2 is 1.80 bits per heavy atom. The van der Waals surface area contributed by atoms with Crippen LogP contribution in [0.5, 0.6) is 11.5 Å². The second-order valence-electron chi connectivity index (χ2n) is 7.29. The van der Waals surface area contributed by atoms with E-state index in [9.17, 15) is 9.90 Å². The number of fused-ring (bicyclic) bond motifs is 3. The third-order valence-electron chi connectivity index (χ3n) is 5.53. The minimum atomic E-state index is -0.444. The molecule has 0 aliphatic carbocycles. The standard InChI is InChI=1S/C24H20N2O4/c1-29-24(28)16-12-10-15(11-13-16)23-26-20(18-7-3-5-9-22(18)30-23)14-19(25-26)17-6-2-4-8-21(17)27/h2-13,20,23,27H,14H2,1H3/t20-,23+/m1/s1. The van der Waals surface area contributed by atoms with Crippen LogP contribution in [0.15, 0.2) is 77.9 Å². The second kappa shape index (κ2) is 7.22. The van der Waals surface area contributed by atoms with Gasteiger partial charge in [-0.05, 0) is 30.3 Å². The van der Waals surface area contributed by atoms with Crippen LogP contribution in [0.3, 0.4) is 0 Å². The number of nitrogens with zero attached hydrogens (tertiary/aromatic N) is 2. The summed E-state index contributed by atoms with van der Waals surface area (Å²) in [6.45, 7) is 0. The van der Waals surface area contributed by atoms with Crippen LogP contribution < -0.4 is 4.74 Å². The van der Waals surface area contributed by atoms with E-state index in [1.807, 2.05) is 53.5 Å². The number of methoxy groups -OCH3 is 1. The fraction of sp³-hybridized carbons (Fsp3) is 0.167. The van der Waals surface area contributed by atoms with Crippen molar-refractivity contribution < 1.29 is 19.4 Å². The molecule has 3 aromatic rings. The summed E-state index contributed by atoms with van der Waals surface area (Å²) >= 11 is 0. The zero-order valence-corrected chi connectivity index (χ0v) is 16.4. The normalized spacial score (nSPS) is 19.4. The Bertz CT molecular complexity index is 1140. The quantitative estimate of drug-likeness (QED) is 0.659. The number of phenols is 1. The van der Waals surface area contributed by atoms with Gasteiger partial charge < -0.3 is 14.6 Å².